The number of unbranched alkanes of at least 4 members (excludes halogenated alkanes) is 4. The highest BCUT2D eigenvalue weighted by molar-refractivity contribution is 5.75. The third-order valence-electron chi connectivity index (χ3n) is 4.36. The fraction of sp³-hybridized carbons (Fsp3) is 0.875. The Kier molecular flexibility index (Phi) is 21.8. The number of nitrogens with one attached hydrogen (secondary N) is 2. The van der Waals surface area contributed by atoms with Crippen LogP contribution in [-0.2, 0) is 38.1 Å². The lowest BCUT2D eigenvalue weighted by molar-refractivity contribution is -0.156. The van der Waals surface area contributed by atoms with Gasteiger partial charge in [-0.15, -0.1) is 0 Å². The van der Waals surface area contributed by atoms with Crippen LogP contribution in [0.1, 0.15) is 65.7 Å². The molecule has 0 spiro atoms. The second kappa shape index (κ2) is 23.0. The van der Waals surface area contributed by atoms with Gasteiger partial charge in [0.15, 0.2) is 0 Å². The standard InChI is InChI=1S/C24H46N2O8/c1-24(2,3)34-23(29)10-13-30-15-17-32-19-20-33-18-16-31-14-12-26-22(28)9-7-5-4-6-8-11-25-21-27/h21H,4-20H2,1-3H3,(H,25,27)(H,26,28). The molecule has 0 saturated carbocycles. The van der Waals surface area contributed by atoms with Crippen LogP contribution >= 0.6 is 0 Å². The van der Waals surface area contributed by atoms with Crippen LogP contribution in [0, 0.1) is 0 Å². The molecule has 0 saturated heterocycles. The Bertz CT molecular complexity index is 512. The summed E-state index contributed by atoms with van der Waals surface area (Å²) < 4.78 is 26.8. The van der Waals surface area contributed by atoms with Gasteiger partial charge in [0.2, 0.25) is 12.3 Å². The molecule has 0 aromatic rings. The molecule has 0 unspecified atom stereocenters. The molecule has 2 amide bonds. The second-order valence-corrected chi connectivity index (χ2v) is 8.73. The van der Waals surface area contributed by atoms with E-state index in [1.807, 2.05) is 20.8 Å². The predicted molar refractivity (Wildman–Crippen MR) is 129 cm³/mol. The minimum absolute atomic E-state index is 0.0495. The minimum atomic E-state index is -0.473. The summed E-state index contributed by atoms with van der Waals surface area (Å²) in [6.07, 6.45) is 6.50. The van der Waals surface area contributed by atoms with Gasteiger partial charge in [-0.05, 0) is 33.6 Å². The average molecular weight is 491 g/mol. The van der Waals surface area contributed by atoms with Crippen molar-refractivity contribution in [3.05, 3.63) is 0 Å². The quantitative estimate of drug-likeness (QED) is 0.120. The fourth-order valence-electron chi connectivity index (χ4n) is 2.76. The largest absolute Gasteiger partial charge is 0.460 e. The normalized spacial score (nSPS) is 11.3. The van der Waals surface area contributed by atoms with Crippen LogP contribution in [0.2, 0.25) is 0 Å². The van der Waals surface area contributed by atoms with Crippen molar-refractivity contribution in [2.75, 3.05) is 65.9 Å². The molecule has 0 aromatic heterocycles. The zero-order valence-corrected chi connectivity index (χ0v) is 21.4. The Labute approximate surface area is 204 Å². The summed E-state index contributed by atoms with van der Waals surface area (Å²) in [5.41, 5.74) is -0.473. The molecule has 10 heteroatoms. The summed E-state index contributed by atoms with van der Waals surface area (Å²) >= 11 is 0. The van der Waals surface area contributed by atoms with Crippen LogP contribution in [0.25, 0.3) is 0 Å². The van der Waals surface area contributed by atoms with Gasteiger partial charge in [-0.2, -0.15) is 0 Å². The highest BCUT2D eigenvalue weighted by Crippen LogP contribution is 2.08. The summed E-state index contributed by atoms with van der Waals surface area (Å²) in [6, 6.07) is 0. The zero-order chi connectivity index (χ0) is 25.3. The topological polar surface area (TPSA) is 121 Å². The van der Waals surface area contributed by atoms with Gasteiger partial charge in [0.25, 0.3) is 0 Å². The van der Waals surface area contributed by atoms with E-state index in [1.165, 1.54) is 0 Å². The van der Waals surface area contributed by atoms with Gasteiger partial charge in [0.05, 0.1) is 59.3 Å². The molecule has 0 aliphatic carbocycles. The third-order valence-corrected chi connectivity index (χ3v) is 4.36. The molecule has 200 valence electrons. The van der Waals surface area contributed by atoms with Crippen LogP contribution in [0.15, 0.2) is 0 Å². The molecule has 10 nitrogen and oxygen atoms in total. The summed E-state index contributed by atoms with van der Waals surface area (Å²) in [7, 11) is 0. The molecule has 0 heterocycles. The maximum atomic E-state index is 11.7. The van der Waals surface area contributed by atoms with Crippen LogP contribution in [0.4, 0.5) is 0 Å². The predicted octanol–water partition coefficient (Wildman–Crippen LogP) is 1.99. The van der Waals surface area contributed by atoms with E-state index in [1.54, 1.807) is 0 Å². The third kappa shape index (κ3) is 26.5. The number of hydrogen-bond acceptors (Lipinski definition) is 8. The maximum absolute atomic E-state index is 11.7. The molecule has 0 fully saturated rings. The van der Waals surface area contributed by atoms with Crippen molar-refractivity contribution < 1.29 is 38.1 Å². The Morgan fingerprint density at radius 1 is 0.676 bits per heavy atom. The van der Waals surface area contributed by atoms with Gasteiger partial charge >= 0.3 is 5.97 Å². The van der Waals surface area contributed by atoms with E-state index >= 15 is 0 Å². The van der Waals surface area contributed by atoms with Crippen molar-refractivity contribution in [1.82, 2.24) is 10.6 Å². The van der Waals surface area contributed by atoms with Crippen molar-refractivity contribution in [1.29, 1.82) is 0 Å². The summed E-state index contributed by atoms with van der Waals surface area (Å²) in [4.78, 5) is 33.3. The molecule has 0 atom stereocenters. The number of carbonyl (C=O) groups excluding carboxylic acids is 3. The molecule has 0 aliphatic rings. The molecule has 0 bridgehead atoms. The zero-order valence-electron chi connectivity index (χ0n) is 21.4. The summed E-state index contributed by atoms with van der Waals surface area (Å²) in [5, 5.41) is 5.49. The van der Waals surface area contributed by atoms with Crippen molar-refractivity contribution in [3.8, 4) is 0 Å². The van der Waals surface area contributed by atoms with Crippen LogP contribution in [0.3, 0.4) is 0 Å². The molecule has 2 N–H and O–H groups in total. The first-order valence-corrected chi connectivity index (χ1v) is 12.3. The molecule has 0 aromatic carbocycles. The van der Waals surface area contributed by atoms with E-state index in [0.29, 0.717) is 65.8 Å². The highest BCUT2D eigenvalue weighted by atomic mass is 16.6. The van der Waals surface area contributed by atoms with E-state index in [-0.39, 0.29) is 18.3 Å². The van der Waals surface area contributed by atoms with Crippen LogP contribution < -0.4 is 10.6 Å². The molecular weight excluding hydrogens is 444 g/mol. The SMILES string of the molecule is CC(C)(C)OC(=O)CCOCCOCCOCCOCCNC(=O)CCCCCCCNC=O. The summed E-state index contributed by atoms with van der Waals surface area (Å²) in [5.74, 6) is -0.219. The molecule has 0 aliphatic heterocycles. The van der Waals surface area contributed by atoms with Crippen molar-refractivity contribution in [2.45, 2.75) is 71.3 Å². The minimum Gasteiger partial charge on any atom is -0.460 e. The van der Waals surface area contributed by atoms with Gasteiger partial charge < -0.3 is 34.3 Å². The Morgan fingerprint density at radius 2 is 1.21 bits per heavy atom. The van der Waals surface area contributed by atoms with Crippen LogP contribution in [-0.4, -0.2) is 89.8 Å². The summed E-state index contributed by atoms with van der Waals surface area (Å²) in [6.45, 7) is 10.2. The first-order chi connectivity index (χ1) is 16.3. The van der Waals surface area contributed by atoms with Gasteiger partial charge in [0.1, 0.15) is 5.60 Å². The van der Waals surface area contributed by atoms with E-state index in [0.717, 1.165) is 45.1 Å². The van der Waals surface area contributed by atoms with E-state index in [4.69, 9.17) is 23.7 Å². The second-order valence-electron chi connectivity index (χ2n) is 8.73. The highest BCUT2D eigenvalue weighted by Gasteiger charge is 2.15. The molecule has 0 radical (unpaired) electrons. The van der Waals surface area contributed by atoms with Gasteiger partial charge in [-0.25, -0.2) is 0 Å². The number of carbonyl (C=O) groups is 3. The first-order valence-electron chi connectivity index (χ1n) is 12.3. The van der Waals surface area contributed by atoms with E-state index < -0.39 is 5.60 Å². The lowest BCUT2D eigenvalue weighted by Gasteiger charge is -2.19. The van der Waals surface area contributed by atoms with Crippen molar-refractivity contribution in [3.63, 3.8) is 0 Å². The van der Waals surface area contributed by atoms with Gasteiger partial charge in [-0.3, -0.25) is 14.4 Å². The monoisotopic (exact) mass is 490 g/mol. The van der Waals surface area contributed by atoms with Gasteiger partial charge in [0, 0.05) is 19.5 Å². The Morgan fingerprint density at radius 3 is 1.79 bits per heavy atom. The van der Waals surface area contributed by atoms with Crippen LogP contribution in [0.5, 0.6) is 0 Å². The smallest absolute Gasteiger partial charge is 0.308 e. The molecular formula is C24H46N2O8. The maximum Gasteiger partial charge on any atom is 0.308 e. The Balaban J connectivity index is 3.23. The average Bonchev–Trinajstić information content (AvgIpc) is 2.77. The lowest BCUT2D eigenvalue weighted by atomic mass is 10.1. The fourth-order valence-corrected chi connectivity index (χ4v) is 2.76. The molecule has 34 heavy (non-hydrogen) atoms. The Hall–Kier alpha value is -1.75. The number of esters is 1. The number of ether oxygens (including phenoxy) is 5. The lowest BCUT2D eigenvalue weighted by Crippen LogP contribution is -2.27. The van der Waals surface area contributed by atoms with Crippen molar-refractivity contribution in [2.24, 2.45) is 0 Å². The number of amides is 2. The van der Waals surface area contributed by atoms with E-state index in [2.05, 4.69) is 10.6 Å². The number of rotatable bonds is 24. The van der Waals surface area contributed by atoms with Crippen molar-refractivity contribution >= 4 is 18.3 Å². The van der Waals surface area contributed by atoms with Gasteiger partial charge in [-0.1, -0.05) is 19.3 Å². The molecule has 0 rings (SSSR count). The number of hydrogen-bond donors (Lipinski definition) is 2. The first kappa shape index (κ1) is 32.2. The van der Waals surface area contributed by atoms with E-state index in [9.17, 15) is 14.4 Å².